The Kier molecular flexibility index (Phi) is 5.07. The molecule has 1 aliphatic heterocycles. The summed E-state index contributed by atoms with van der Waals surface area (Å²) in [6.07, 6.45) is 2.97. The fraction of sp³-hybridized carbons (Fsp3) is 0.438. The molecule has 8 heteroatoms. The Labute approximate surface area is 145 Å². The summed E-state index contributed by atoms with van der Waals surface area (Å²) in [5, 5.41) is 1.75. The largest absolute Gasteiger partial charge is 0.467 e. The predicted molar refractivity (Wildman–Crippen MR) is 91.0 cm³/mol. The minimum Gasteiger partial charge on any atom is -0.467 e. The number of rotatable bonds is 5. The number of sulfonamides is 1. The van der Waals surface area contributed by atoms with Gasteiger partial charge >= 0.3 is 0 Å². The van der Waals surface area contributed by atoms with Crippen LogP contribution in [0.1, 0.15) is 18.6 Å². The van der Waals surface area contributed by atoms with Crippen molar-refractivity contribution in [3.05, 3.63) is 41.7 Å². The van der Waals surface area contributed by atoms with Gasteiger partial charge < -0.3 is 9.32 Å². The van der Waals surface area contributed by atoms with Gasteiger partial charge in [0.15, 0.2) is 0 Å². The Morgan fingerprint density at radius 2 is 2.25 bits per heavy atom. The normalized spacial score (nSPS) is 19.3. The van der Waals surface area contributed by atoms with Gasteiger partial charge in [-0.2, -0.15) is 4.31 Å². The van der Waals surface area contributed by atoms with E-state index in [9.17, 15) is 13.2 Å². The van der Waals surface area contributed by atoms with Crippen LogP contribution >= 0.6 is 11.3 Å². The fourth-order valence-corrected chi connectivity index (χ4v) is 5.59. The van der Waals surface area contributed by atoms with Gasteiger partial charge in [-0.05, 0) is 36.4 Å². The number of carbonyl (C=O) groups excluding carboxylic acids is 1. The molecule has 3 rings (SSSR count). The van der Waals surface area contributed by atoms with Gasteiger partial charge in [-0.1, -0.05) is 6.07 Å². The van der Waals surface area contributed by atoms with Crippen molar-refractivity contribution in [3.63, 3.8) is 0 Å². The molecule has 1 fully saturated rings. The Bertz CT molecular complexity index is 769. The van der Waals surface area contributed by atoms with Crippen molar-refractivity contribution >= 4 is 27.3 Å². The van der Waals surface area contributed by atoms with E-state index in [1.807, 2.05) is 6.07 Å². The van der Waals surface area contributed by atoms with Crippen LogP contribution < -0.4 is 0 Å². The van der Waals surface area contributed by atoms with Gasteiger partial charge in [-0.3, -0.25) is 4.79 Å². The maximum Gasteiger partial charge on any atom is 0.252 e. The Morgan fingerprint density at radius 3 is 2.92 bits per heavy atom. The third kappa shape index (κ3) is 3.55. The second-order valence-corrected chi connectivity index (χ2v) is 9.02. The van der Waals surface area contributed by atoms with Crippen LogP contribution in [0.25, 0.3) is 0 Å². The molecule has 1 amide bonds. The van der Waals surface area contributed by atoms with Crippen LogP contribution in [0.4, 0.5) is 0 Å². The Morgan fingerprint density at radius 1 is 1.42 bits per heavy atom. The predicted octanol–water partition coefficient (Wildman–Crippen LogP) is 2.40. The van der Waals surface area contributed by atoms with E-state index in [0.717, 1.165) is 0 Å². The maximum absolute atomic E-state index is 12.6. The third-order valence-electron chi connectivity index (χ3n) is 4.17. The van der Waals surface area contributed by atoms with Crippen LogP contribution in [0.3, 0.4) is 0 Å². The monoisotopic (exact) mass is 368 g/mol. The summed E-state index contributed by atoms with van der Waals surface area (Å²) < 4.78 is 32.3. The lowest BCUT2D eigenvalue weighted by Crippen LogP contribution is -2.45. The second-order valence-electron chi connectivity index (χ2n) is 5.91. The lowest BCUT2D eigenvalue weighted by atomic mass is 9.98. The second kappa shape index (κ2) is 7.08. The number of hydrogen-bond donors (Lipinski definition) is 0. The first-order valence-corrected chi connectivity index (χ1v) is 10.1. The molecule has 0 aromatic carbocycles. The molecular formula is C16H20N2O4S2. The number of piperidine rings is 1. The van der Waals surface area contributed by atoms with Crippen molar-refractivity contribution in [3.8, 4) is 0 Å². The Balaban J connectivity index is 1.68. The maximum atomic E-state index is 12.6. The van der Waals surface area contributed by atoms with Crippen molar-refractivity contribution in [1.29, 1.82) is 0 Å². The van der Waals surface area contributed by atoms with Gasteiger partial charge in [-0.15, -0.1) is 11.3 Å². The minimum atomic E-state index is -3.50. The first-order valence-electron chi connectivity index (χ1n) is 7.79. The highest BCUT2D eigenvalue weighted by atomic mass is 32.2. The smallest absolute Gasteiger partial charge is 0.252 e. The first kappa shape index (κ1) is 17.2. The van der Waals surface area contributed by atoms with Gasteiger partial charge in [0.1, 0.15) is 9.97 Å². The van der Waals surface area contributed by atoms with Crippen LogP contribution in [0.5, 0.6) is 0 Å². The van der Waals surface area contributed by atoms with E-state index in [1.54, 1.807) is 41.8 Å². The van der Waals surface area contributed by atoms with E-state index in [2.05, 4.69) is 0 Å². The van der Waals surface area contributed by atoms with E-state index in [4.69, 9.17) is 4.42 Å². The highest BCUT2D eigenvalue weighted by Crippen LogP contribution is 2.27. The quantitative estimate of drug-likeness (QED) is 0.812. The molecule has 1 aliphatic rings. The summed E-state index contributed by atoms with van der Waals surface area (Å²) in [5.74, 6) is 0.357. The number of nitrogens with zero attached hydrogens (tertiary/aromatic N) is 2. The summed E-state index contributed by atoms with van der Waals surface area (Å²) in [5.41, 5.74) is 0. The SMILES string of the molecule is CN(Cc1ccco1)C(=O)C1CCCN(S(=O)(=O)c2cccs2)C1. The lowest BCUT2D eigenvalue weighted by Gasteiger charge is -2.32. The minimum absolute atomic E-state index is 0.0440. The molecular weight excluding hydrogens is 348 g/mol. The van der Waals surface area contributed by atoms with Crippen LogP contribution in [-0.4, -0.2) is 43.7 Å². The average molecular weight is 368 g/mol. The van der Waals surface area contributed by atoms with Crippen molar-refractivity contribution in [2.45, 2.75) is 23.6 Å². The highest BCUT2D eigenvalue weighted by molar-refractivity contribution is 7.91. The molecule has 1 unspecified atom stereocenters. The van der Waals surface area contributed by atoms with E-state index >= 15 is 0 Å². The topological polar surface area (TPSA) is 70.8 Å². The summed E-state index contributed by atoms with van der Waals surface area (Å²) in [4.78, 5) is 14.3. The number of thiophene rings is 1. The molecule has 2 aromatic rings. The number of amides is 1. The zero-order valence-electron chi connectivity index (χ0n) is 13.4. The third-order valence-corrected chi connectivity index (χ3v) is 7.41. The summed E-state index contributed by atoms with van der Waals surface area (Å²) in [6, 6.07) is 6.93. The molecule has 0 spiro atoms. The highest BCUT2D eigenvalue weighted by Gasteiger charge is 2.34. The van der Waals surface area contributed by atoms with Crippen LogP contribution in [0, 0.1) is 5.92 Å². The molecule has 0 saturated carbocycles. The van der Waals surface area contributed by atoms with E-state index in [-0.39, 0.29) is 18.4 Å². The zero-order chi connectivity index (χ0) is 17.2. The molecule has 3 heterocycles. The van der Waals surface area contributed by atoms with Crippen molar-refractivity contribution in [2.75, 3.05) is 20.1 Å². The van der Waals surface area contributed by atoms with Gasteiger partial charge in [-0.25, -0.2) is 8.42 Å². The van der Waals surface area contributed by atoms with Gasteiger partial charge in [0.25, 0.3) is 10.0 Å². The molecule has 0 bridgehead atoms. The molecule has 0 radical (unpaired) electrons. The van der Waals surface area contributed by atoms with Gasteiger partial charge in [0.05, 0.1) is 18.7 Å². The first-order chi connectivity index (χ1) is 11.5. The van der Waals surface area contributed by atoms with Crippen LogP contribution in [0.2, 0.25) is 0 Å². The molecule has 1 atom stereocenters. The molecule has 2 aromatic heterocycles. The Hall–Kier alpha value is -1.64. The lowest BCUT2D eigenvalue weighted by molar-refractivity contribution is -0.136. The molecule has 24 heavy (non-hydrogen) atoms. The standard InChI is InChI=1S/C16H20N2O4S2/c1-17(12-14-6-3-9-22-14)16(19)13-5-2-8-18(11-13)24(20,21)15-7-4-10-23-15/h3-4,6-7,9-10,13H,2,5,8,11-12H2,1H3. The van der Waals surface area contributed by atoms with E-state index in [1.165, 1.54) is 15.6 Å². The molecule has 1 saturated heterocycles. The zero-order valence-corrected chi connectivity index (χ0v) is 15.1. The number of furan rings is 1. The van der Waals surface area contributed by atoms with Gasteiger partial charge in [0, 0.05) is 20.1 Å². The molecule has 0 aliphatic carbocycles. The van der Waals surface area contributed by atoms with Gasteiger partial charge in [0.2, 0.25) is 5.91 Å². The van der Waals surface area contributed by atoms with E-state index in [0.29, 0.717) is 35.9 Å². The number of carbonyl (C=O) groups is 1. The van der Waals surface area contributed by atoms with Crippen molar-refractivity contribution in [2.24, 2.45) is 5.92 Å². The van der Waals surface area contributed by atoms with Crippen LogP contribution in [0.15, 0.2) is 44.5 Å². The molecule has 0 N–H and O–H groups in total. The summed E-state index contributed by atoms with van der Waals surface area (Å²) >= 11 is 1.20. The fourth-order valence-electron chi connectivity index (χ4n) is 2.93. The average Bonchev–Trinajstić information content (AvgIpc) is 3.28. The summed E-state index contributed by atoms with van der Waals surface area (Å²) in [7, 11) is -1.78. The van der Waals surface area contributed by atoms with Crippen LogP contribution in [-0.2, 0) is 21.4 Å². The van der Waals surface area contributed by atoms with Crippen molar-refractivity contribution < 1.29 is 17.6 Å². The summed E-state index contributed by atoms with van der Waals surface area (Å²) in [6.45, 7) is 1.09. The molecule has 6 nitrogen and oxygen atoms in total. The van der Waals surface area contributed by atoms with E-state index < -0.39 is 10.0 Å². The van der Waals surface area contributed by atoms with Crippen molar-refractivity contribution in [1.82, 2.24) is 9.21 Å². The number of hydrogen-bond acceptors (Lipinski definition) is 5. The molecule has 130 valence electrons.